The predicted octanol–water partition coefficient (Wildman–Crippen LogP) is -1.50. The molecule has 9 heteroatoms. The molecule has 1 aromatic heterocycles. The molecule has 1 aliphatic heterocycles. The second kappa shape index (κ2) is 4.96. The molecule has 2 heterocycles. The largest absolute Gasteiger partial charge is 0.393 e. The van der Waals surface area contributed by atoms with E-state index >= 15 is 0 Å². The van der Waals surface area contributed by atoms with E-state index in [1.54, 1.807) is 0 Å². The van der Waals surface area contributed by atoms with Crippen LogP contribution in [0.3, 0.4) is 0 Å². The van der Waals surface area contributed by atoms with Crippen LogP contribution in [0.25, 0.3) is 0 Å². The number of amides is 1. The van der Waals surface area contributed by atoms with Crippen LogP contribution < -0.4 is 17.2 Å². The number of anilines is 1. The topological polar surface area (TPSA) is 133 Å². The lowest BCUT2D eigenvalue weighted by molar-refractivity contribution is -0.00637. The zero-order chi connectivity index (χ0) is 13.3. The summed E-state index contributed by atoms with van der Waals surface area (Å²) in [4.78, 5) is 26.3. The van der Waals surface area contributed by atoms with Gasteiger partial charge in [-0.05, 0) is 0 Å². The van der Waals surface area contributed by atoms with Gasteiger partial charge >= 0.3 is 5.69 Å². The van der Waals surface area contributed by atoms with Crippen LogP contribution in [0.4, 0.5) is 5.82 Å². The van der Waals surface area contributed by atoms with Crippen molar-refractivity contribution >= 4 is 23.5 Å². The number of nitrogens with two attached hydrogens (primary N) is 2. The zero-order valence-corrected chi connectivity index (χ0v) is 10.1. The summed E-state index contributed by atoms with van der Waals surface area (Å²) in [6.45, 7) is -0.152. The van der Waals surface area contributed by atoms with Crippen molar-refractivity contribution in [2.45, 2.75) is 11.7 Å². The normalized spacial score (nSPS) is 23.2. The minimum atomic E-state index is -0.766. The summed E-state index contributed by atoms with van der Waals surface area (Å²) in [6.07, 6.45) is 0.642. The molecule has 0 bridgehead atoms. The summed E-state index contributed by atoms with van der Waals surface area (Å²) in [5.74, 6) is -0.499. The molecule has 1 amide bonds. The first-order valence-corrected chi connectivity index (χ1v) is 6.14. The van der Waals surface area contributed by atoms with Gasteiger partial charge in [-0.3, -0.25) is 9.36 Å². The van der Waals surface area contributed by atoms with Crippen molar-refractivity contribution in [3.05, 3.63) is 22.2 Å². The van der Waals surface area contributed by atoms with E-state index in [2.05, 4.69) is 4.98 Å². The van der Waals surface area contributed by atoms with E-state index in [0.29, 0.717) is 5.75 Å². The lowest BCUT2D eigenvalue weighted by atomic mass is 10.3. The van der Waals surface area contributed by atoms with E-state index in [9.17, 15) is 9.59 Å². The number of thioether (sulfide) groups is 1. The zero-order valence-electron chi connectivity index (χ0n) is 9.28. The highest BCUT2D eigenvalue weighted by Crippen LogP contribution is 2.30. The average Bonchev–Trinajstić information content (AvgIpc) is 2.77. The van der Waals surface area contributed by atoms with Gasteiger partial charge in [0.2, 0.25) is 0 Å². The minimum absolute atomic E-state index is 0.0318. The van der Waals surface area contributed by atoms with Crippen molar-refractivity contribution < 1.29 is 14.6 Å². The summed E-state index contributed by atoms with van der Waals surface area (Å²) in [7, 11) is 0. The van der Waals surface area contributed by atoms with Crippen LogP contribution in [0, 0.1) is 0 Å². The van der Waals surface area contributed by atoms with Crippen LogP contribution in [0.1, 0.15) is 16.6 Å². The smallest absolute Gasteiger partial charge is 0.351 e. The average molecular weight is 272 g/mol. The third kappa shape index (κ3) is 2.33. The van der Waals surface area contributed by atoms with E-state index < -0.39 is 23.3 Å². The Kier molecular flexibility index (Phi) is 3.55. The van der Waals surface area contributed by atoms with Crippen LogP contribution in [0.2, 0.25) is 0 Å². The Labute approximate surface area is 106 Å². The molecular formula is C9H12N4O4S. The number of carbonyl (C=O) groups excluding carboxylic acids is 1. The molecule has 0 aliphatic carbocycles. The van der Waals surface area contributed by atoms with Gasteiger partial charge < -0.3 is 21.3 Å². The van der Waals surface area contributed by atoms with Crippen molar-refractivity contribution in [3.8, 4) is 0 Å². The standard InChI is InChI=1S/C9H12N4O4S/c10-7-4(8(11)15)1-13(9(16)12-7)5-3-18-6(2-14)17-5/h1,5-6,14H,2-3H2,(H2,11,15)(H2,10,12,16)/t5-,6+/m1/s1. The Morgan fingerprint density at radius 2 is 2.44 bits per heavy atom. The highest BCUT2D eigenvalue weighted by atomic mass is 32.2. The van der Waals surface area contributed by atoms with Gasteiger partial charge in [0.25, 0.3) is 5.91 Å². The van der Waals surface area contributed by atoms with Gasteiger partial charge in [-0.1, -0.05) is 0 Å². The number of hydrogen-bond donors (Lipinski definition) is 3. The predicted molar refractivity (Wildman–Crippen MR) is 64.9 cm³/mol. The second-order valence-electron chi connectivity index (χ2n) is 3.63. The molecule has 1 aliphatic rings. The number of nitrogens with zero attached hydrogens (tertiary/aromatic N) is 2. The SMILES string of the molecule is NC(=O)c1cn([C@H]2CS[C@@H](CO)O2)c(=O)nc1N. The fraction of sp³-hybridized carbons (Fsp3) is 0.444. The van der Waals surface area contributed by atoms with Crippen LogP contribution in [-0.4, -0.2) is 38.4 Å². The third-order valence-corrected chi connectivity index (χ3v) is 3.55. The van der Waals surface area contributed by atoms with Gasteiger partial charge in [-0.25, -0.2) is 4.79 Å². The number of carbonyl (C=O) groups is 1. The number of primary amides is 1. The molecule has 1 saturated heterocycles. The maximum Gasteiger partial charge on any atom is 0.351 e. The van der Waals surface area contributed by atoms with Crippen molar-refractivity contribution in [2.75, 3.05) is 18.1 Å². The van der Waals surface area contributed by atoms with Gasteiger partial charge in [-0.15, -0.1) is 11.8 Å². The van der Waals surface area contributed by atoms with E-state index in [-0.39, 0.29) is 18.0 Å². The summed E-state index contributed by atoms with van der Waals surface area (Å²) >= 11 is 1.37. The molecule has 5 N–H and O–H groups in total. The fourth-order valence-electron chi connectivity index (χ4n) is 1.56. The molecule has 0 aromatic carbocycles. The van der Waals surface area contributed by atoms with Gasteiger partial charge in [0.1, 0.15) is 17.5 Å². The Morgan fingerprint density at radius 1 is 1.72 bits per heavy atom. The third-order valence-electron chi connectivity index (χ3n) is 2.44. The number of aliphatic hydroxyl groups excluding tert-OH is 1. The molecule has 18 heavy (non-hydrogen) atoms. The highest BCUT2D eigenvalue weighted by molar-refractivity contribution is 8.00. The molecule has 2 rings (SSSR count). The van der Waals surface area contributed by atoms with Crippen LogP contribution in [0.5, 0.6) is 0 Å². The number of rotatable bonds is 3. The molecule has 2 atom stereocenters. The first-order chi connectivity index (χ1) is 8.52. The Morgan fingerprint density at radius 3 is 3.00 bits per heavy atom. The van der Waals surface area contributed by atoms with Crippen molar-refractivity contribution in [2.24, 2.45) is 5.73 Å². The molecule has 98 valence electrons. The quantitative estimate of drug-likeness (QED) is 0.610. The summed E-state index contributed by atoms with van der Waals surface area (Å²) < 4.78 is 6.55. The first kappa shape index (κ1) is 12.9. The lowest BCUT2D eigenvalue weighted by Gasteiger charge is -2.14. The van der Waals surface area contributed by atoms with Crippen molar-refractivity contribution in [3.63, 3.8) is 0 Å². The van der Waals surface area contributed by atoms with E-state index in [0.717, 1.165) is 4.57 Å². The Hall–Kier alpha value is -1.58. The maximum absolute atomic E-state index is 11.7. The fourth-order valence-corrected chi connectivity index (χ4v) is 2.49. The number of ether oxygens (including phenoxy) is 1. The molecule has 0 unspecified atom stereocenters. The summed E-state index contributed by atoms with van der Waals surface area (Å²) in [6, 6.07) is 0. The van der Waals surface area contributed by atoms with E-state index in [1.165, 1.54) is 18.0 Å². The second-order valence-corrected chi connectivity index (χ2v) is 4.82. The number of aromatic nitrogens is 2. The minimum Gasteiger partial charge on any atom is -0.393 e. The number of aliphatic hydroxyl groups is 1. The Balaban J connectivity index is 2.36. The van der Waals surface area contributed by atoms with Gasteiger partial charge in [0.15, 0.2) is 0 Å². The van der Waals surface area contributed by atoms with Crippen molar-refractivity contribution in [1.82, 2.24) is 9.55 Å². The molecule has 0 spiro atoms. The molecular weight excluding hydrogens is 260 g/mol. The highest BCUT2D eigenvalue weighted by Gasteiger charge is 2.28. The van der Waals surface area contributed by atoms with E-state index in [4.69, 9.17) is 21.3 Å². The number of nitrogen functional groups attached to an aromatic ring is 1. The number of hydrogen-bond acceptors (Lipinski definition) is 7. The van der Waals surface area contributed by atoms with Crippen molar-refractivity contribution in [1.29, 1.82) is 0 Å². The summed E-state index contributed by atoms with van der Waals surface area (Å²) in [5.41, 5.74) is 9.51. The summed E-state index contributed by atoms with van der Waals surface area (Å²) in [5, 5.41) is 8.94. The Bertz CT molecular complexity index is 532. The maximum atomic E-state index is 11.7. The van der Waals surface area contributed by atoms with Crippen LogP contribution >= 0.6 is 11.8 Å². The van der Waals surface area contributed by atoms with Crippen LogP contribution in [-0.2, 0) is 4.74 Å². The molecule has 0 saturated carbocycles. The molecule has 8 nitrogen and oxygen atoms in total. The van der Waals surface area contributed by atoms with E-state index in [1.807, 2.05) is 0 Å². The monoisotopic (exact) mass is 272 g/mol. The lowest BCUT2D eigenvalue weighted by Crippen LogP contribution is -2.31. The van der Waals surface area contributed by atoms with Gasteiger partial charge in [0, 0.05) is 11.9 Å². The molecule has 1 aromatic rings. The molecule has 1 fully saturated rings. The van der Waals surface area contributed by atoms with Gasteiger partial charge in [0.05, 0.1) is 12.2 Å². The first-order valence-electron chi connectivity index (χ1n) is 5.09. The molecule has 0 radical (unpaired) electrons. The van der Waals surface area contributed by atoms with Gasteiger partial charge in [-0.2, -0.15) is 4.98 Å². The van der Waals surface area contributed by atoms with Crippen LogP contribution in [0.15, 0.2) is 11.0 Å².